The molecule has 0 aromatic heterocycles. The minimum absolute atomic E-state index is 0.233. The van der Waals surface area contributed by atoms with Crippen molar-refractivity contribution in [1.82, 2.24) is 0 Å². The van der Waals surface area contributed by atoms with Crippen LogP contribution in [0.4, 0.5) is 0 Å². The molecule has 0 saturated heterocycles. The third-order valence-corrected chi connectivity index (χ3v) is 4.98. The Labute approximate surface area is 119 Å². The lowest BCUT2D eigenvalue weighted by Crippen LogP contribution is -2.20. The van der Waals surface area contributed by atoms with Crippen LogP contribution in [0.15, 0.2) is 30.3 Å². The quantitative estimate of drug-likeness (QED) is 0.539. The van der Waals surface area contributed by atoms with Gasteiger partial charge in [-0.1, -0.05) is 25.1 Å². The van der Waals surface area contributed by atoms with Gasteiger partial charge >= 0.3 is 13.6 Å². The van der Waals surface area contributed by atoms with E-state index in [1.807, 2.05) is 0 Å². The summed E-state index contributed by atoms with van der Waals surface area (Å²) < 4.78 is 28.3. The molecule has 0 bridgehead atoms. The number of esters is 1. The van der Waals surface area contributed by atoms with Gasteiger partial charge in [0.2, 0.25) is 5.85 Å². The van der Waals surface area contributed by atoms with Crippen molar-refractivity contribution in [3.8, 4) is 0 Å². The van der Waals surface area contributed by atoms with E-state index in [9.17, 15) is 9.36 Å². The van der Waals surface area contributed by atoms with Gasteiger partial charge in [0.05, 0.1) is 18.8 Å². The Morgan fingerprint density at radius 2 is 1.65 bits per heavy atom. The van der Waals surface area contributed by atoms with E-state index in [4.69, 9.17) is 13.8 Å². The molecule has 1 aromatic rings. The lowest BCUT2D eigenvalue weighted by atomic mass is 10.2. The van der Waals surface area contributed by atoms with Crippen molar-refractivity contribution < 1.29 is 23.1 Å². The number of benzene rings is 1. The second-order valence-electron chi connectivity index (χ2n) is 4.01. The minimum atomic E-state index is -3.45. The standard InChI is InChI=1S/C14H21O5P/c1-4-13(20(16,17-5-2)18-6-3)19-14(15)12-10-8-7-9-11-12/h7-11,13H,4-6H2,1-3H3/t13-/m1/s1. The van der Waals surface area contributed by atoms with Gasteiger partial charge in [-0.3, -0.25) is 4.57 Å². The molecule has 0 saturated carbocycles. The van der Waals surface area contributed by atoms with Gasteiger partial charge in [0.25, 0.3) is 0 Å². The number of hydrogen-bond donors (Lipinski definition) is 0. The first-order valence-corrected chi connectivity index (χ1v) is 8.33. The summed E-state index contributed by atoms with van der Waals surface area (Å²) in [6.07, 6.45) is 0.357. The SMILES string of the molecule is CCOP(=O)(OCC)[C@H](CC)OC(=O)c1ccccc1. The minimum Gasteiger partial charge on any atom is -0.446 e. The smallest absolute Gasteiger partial charge is 0.370 e. The molecule has 1 rings (SSSR count). The first kappa shape index (κ1) is 16.9. The highest BCUT2D eigenvalue weighted by atomic mass is 31.2. The maximum atomic E-state index is 12.6. The number of carbonyl (C=O) groups excluding carboxylic acids is 1. The van der Waals surface area contributed by atoms with Crippen LogP contribution < -0.4 is 0 Å². The Morgan fingerprint density at radius 1 is 1.10 bits per heavy atom. The summed E-state index contributed by atoms with van der Waals surface area (Å²) in [6.45, 7) is 5.68. The highest BCUT2D eigenvalue weighted by Gasteiger charge is 2.37. The number of rotatable bonds is 8. The molecule has 0 N–H and O–H groups in total. The highest BCUT2D eigenvalue weighted by Crippen LogP contribution is 2.54. The lowest BCUT2D eigenvalue weighted by Gasteiger charge is -2.25. The van der Waals surface area contributed by atoms with E-state index in [2.05, 4.69) is 0 Å². The summed E-state index contributed by atoms with van der Waals surface area (Å²) in [4.78, 5) is 12.0. The van der Waals surface area contributed by atoms with Crippen molar-refractivity contribution in [3.63, 3.8) is 0 Å². The second kappa shape index (κ2) is 8.20. The van der Waals surface area contributed by atoms with Crippen molar-refractivity contribution >= 4 is 13.6 Å². The Balaban J connectivity index is 2.84. The van der Waals surface area contributed by atoms with Crippen LogP contribution in [0.2, 0.25) is 0 Å². The van der Waals surface area contributed by atoms with Crippen LogP contribution in [-0.4, -0.2) is 25.0 Å². The molecule has 5 nitrogen and oxygen atoms in total. The fourth-order valence-corrected chi connectivity index (χ4v) is 3.50. The number of hydrogen-bond acceptors (Lipinski definition) is 5. The van der Waals surface area contributed by atoms with E-state index in [1.165, 1.54) is 0 Å². The number of carbonyl (C=O) groups is 1. The van der Waals surface area contributed by atoms with Gasteiger partial charge in [-0.15, -0.1) is 0 Å². The molecule has 0 unspecified atom stereocenters. The molecule has 0 heterocycles. The maximum Gasteiger partial charge on any atom is 0.370 e. The van der Waals surface area contributed by atoms with Crippen LogP contribution in [0.3, 0.4) is 0 Å². The molecule has 1 atom stereocenters. The normalized spacial score (nSPS) is 12.9. The molecular weight excluding hydrogens is 279 g/mol. The zero-order valence-corrected chi connectivity index (χ0v) is 13.0. The fourth-order valence-electron chi connectivity index (χ4n) is 1.70. The van der Waals surface area contributed by atoms with Crippen LogP contribution in [0.25, 0.3) is 0 Å². The van der Waals surface area contributed by atoms with Gasteiger partial charge in [-0.05, 0) is 32.4 Å². The summed E-state index contributed by atoms with van der Waals surface area (Å²) in [6, 6.07) is 8.56. The Kier molecular flexibility index (Phi) is 6.93. The predicted molar refractivity (Wildman–Crippen MR) is 76.8 cm³/mol. The predicted octanol–water partition coefficient (Wildman–Crippen LogP) is 3.85. The lowest BCUT2D eigenvalue weighted by molar-refractivity contribution is 0.0361. The molecule has 20 heavy (non-hydrogen) atoms. The summed E-state index contributed by atoms with van der Waals surface area (Å²) in [5.41, 5.74) is 0.408. The fraction of sp³-hybridized carbons (Fsp3) is 0.500. The topological polar surface area (TPSA) is 61.8 Å². The molecule has 0 aliphatic heterocycles. The van der Waals surface area contributed by atoms with Gasteiger partial charge in [0.1, 0.15) is 0 Å². The van der Waals surface area contributed by atoms with Crippen molar-refractivity contribution in [2.45, 2.75) is 33.0 Å². The van der Waals surface area contributed by atoms with Gasteiger partial charge < -0.3 is 13.8 Å². The van der Waals surface area contributed by atoms with Crippen LogP contribution in [0, 0.1) is 0 Å². The maximum absolute atomic E-state index is 12.6. The number of ether oxygens (including phenoxy) is 1. The molecule has 112 valence electrons. The third-order valence-electron chi connectivity index (χ3n) is 2.57. The van der Waals surface area contributed by atoms with Gasteiger partial charge in [0.15, 0.2) is 0 Å². The van der Waals surface area contributed by atoms with Crippen LogP contribution in [-0.2, 0) is 18.3 Å². The van der Waals surface area contributed by atoms with E-state index in [0.29, 0.717) is 12.0 Å². The molecule has 0 spiro atoms. The van der Waals surface area contributed by atoms with Crippen LogP contribution in [0.5, 0.6) is 0 Å². The second-order valence-corrected chi connectivity index (χ2v) is 6.18. The first-order chi connectivity index (χ1) is 9.57. The van der Waals surface area contributed by atoms with Gasteiger partial charge in [-0.25, -0.2) is 4.79 Å². The van der Waals surface area contributed by atoms with Crippen LogP contribution >= 0.6 is 7.60 Å². The van der Waals surface area contributed by atoms with E-state index >= 15 is 0 Å². The van der Waals surface area contributed by atoms with Crippen LogP contribution in [0.1, 0.15) is 37.6 Å². The summed E-state index contributed by atoms with van der Waals surface area (Å²) >= 11 is 0. The monoisotopic (exact) mass is 300 g/mol. The Hall–Kier alpha value is -1.16. The molecular formula is C14H21O5P. The van der Waals surface area contributed by atoms with Crippen molar-refractivity contribution in [2.75, 3.05) is 13.2 Å². The summed E-state index contributed by atoms with van der Waals surface area (Å²) in [5, 5.41) is 0. The van der Waals surface area contributed by atoms with E-state index in [-0.39, 0.29) is 13.2 Å². The van der Waals surface area contributed by atoms with E-state index in [1.54, 1.807) is 51.1 Å². The Morgan fingerprint density at radius 3 is 2.10 bits per heavy atom. The molecule has 0 aliphatic rings. The summed E-state index contributed by atoms with van der Waals surface area (Å²) in [7, 11) is -3.45. The molecule has 1 aromatic carbocycles. The van der Waals surface area contributed by atoms with Gasteiger partial charge in [0, 0.05) is 0 Å². The first-order valence-electron chi connectivity index (χ1n) is 6.72. The van der Waals surface area contributed by atoms with E-state index in [0.717, 1.165) is 0 Å². The zero-order chi connectivity index (χ0) is 15.0. The van der Waals surface area contributed by atoms with E-state index < -0.39 is 19.4 Å². The summed E-state index contributed by atoms with van der Waals surface area (Å²) in [5.74, 6) is -1.42. The Bertz CT molecular complexity index is 450. The molecule has 0 amide bonds. The largest absolute Gasteiger partial charge is 0.446 e. The zero-order valence-electron chi connectivity index (χ0n) is 12.1. The van der Waals surface area contributed by atoms with Crippen molar-refractivity contribution in [2.24, 2.45) is 0 Å². The van der Waals surface area contributed by atoms with Crippen molar-refractivity contribution in [1.29, 1.82) is 0 Å². The van der Waals surface area contributed by atoms with Gasteiger partial charge in [-0.2, -0.15) is 0 Å². The molecule has 0 aliphatic carbocycles. The molecule has 0 fully saturated rings. The van der Waals surface area contributed by atoms with Crippen molar-refractivity contribution in [3.05, 3.63) is 35.9 Å². The average Bonchev–Trinajstić information content (AvgIpc) is 2.45. The third kappa shape index (κ3) is 4.44. The molecule has 0 radical (unpaired) electrons. The molecule has 6 heteroatoms. The highest BCUT2D eigenvalue weighted by molar-refractivity contribution is 7.54. The average molecular weight is 300 g/mol.